The zero-order chi connectivity index (χ0) is 18.9. The van der Waals surface area contributed by atoms with Gasteiger partial charge in [-0.3, -0.25) is 9.79 Å². The van der Waals surface area contributed by atoms with Crippen LogP contribution in [0.1, 0.15) is 51.2 Å². The van der Waals surface area contributed by atoms with Crippen LogP contribution >= 0.6 is 24.0 Å². The van der Waals surface area contributed by atoms with Gasteiger partial charge in [0.15, 0.2) is 5.96 Å². The minimum atomic E-state index is -0.127. The number of nitrogens with zero attached hydrogens (tertiary/aromatic N) is 1. The Morgan fingerprint density at radius 1 is 1.19 bits per heavy atom. The zero-order valence-corrected chi connectivity index (χ0v) is 18.8. The number of hydrogen-bond donors (Lipinski definition) is 2. The molecule has 1 aromatic rings. The highest BCUT2D eigenvalue weighted by Gasteiger charge is 2.00. The molecule has 0 bridgehead atoms. The molecule has 0 radical (unpaired) electrons. The van der Waals surface area contributed by atoms with Crippen LogP contribution in [0.2, 0.25) is 0 Å². The average molecular weight is 495 g/mol. The van der Waals surface area contributed by atoms with Crippen molar-refractivity contribution in [3.63, 3.8) is 0 Å². The molecule has 2 N–H and O–H groups in total. The average Bonchev–Trinajstić information content (AvgIpc) is 3.16. The third-order valence-corrected chi connectivity index (χ3v) is 3.71. The van der Waals surface area contributed by atoms with E-state index in [0.717, 1.165) is 56.9 Å². The molecule has 0 aliphatic rings. The number of hydrogen-bond acceptors (Lipinski definition) is 5. The van der Waals surface area contributed by atoms with Crippen molar-refractivity contribution in [2.24, 2.45) is 4.99 Å². The number of carbonyl (C=O) groups is 1. The van der Waals surface area contributed by atoms with E-state index in [1.807, 2.05) is 12.1 Å². The van der Waals surface area contributed by atoms with Crippen molar-refractivity contribution >= 4 is 35.9 Å². The summed E-state index contributed by atoms with van der Waals surface area (Å²) in [6.07, 6.45) is 7.09. The van der Waals surface area contributed by atoms with E-state index in [-0.39, 0.29) is 29.9 Å². The number of ether oxygens (including phenoxy) is 2. The van der Waals surface area contributed by atoms with Gasteiger partial charge in [0.1, 0.15) is 12.4 Å². The molecule has 7 nitrogen and oxygen atoms in total. The molecule has 0 atom stereocenters. The first-order valence-corrected chi connectivity index (χ1v) is 9.45. The Kier molecular flexibility index (Phi) is 17.2. The Balaban J connectivity index is 0.00000676. The first-order valence-electron chi connectivity index (χ1n) is 9.45. The van der Waals surface area contributed by atoms with Crippen LogP contribution < -0.4 is 10.6 Å². The number of furan rings is 1. The van der Waals surface area contributed by atoms with E-state index in [0.29, 0.717) is 26.2 Å². The van der Waals surface area contributed by atoms with Gasteiger partial charge in [-0.05, 0) is 38.3 Å². The Labute approximate surface area is 179 Å². The summed E-state index contributed by atoms with van der Waals surface area (Å²) in [5.74, 6) is 1.56. The third kappa shape index (κ3) is 14.4. The summed E-state index contributed by atoms with van der Waals surface area (Å²) < 4.78 is 15.4. The van der Waals surface area contributed by atoms with E-state index in [1.165, 1.54) is 7.11 Å². The molecule has 27 heavy (non-hydrogen) atoms. The lowest BCUT2D eigenvalue weighted by Gasteiger charge is -2.11. The van der Waals surface area contributed by atoms with Crippen LogP contribution in [0.5, 0.6) is 0 Å². The Morgan fingerprint density at radius 2 is 2.00 bits per heavy atom. The van der Waals surface area contributed by atoms with Crippen molar-refractivity contribution in [2.45, 2.75) is 52.1 Å². The molecule has 0 unspecified atom stereocenters. The highest BCUT2D eigenvalue weighted by Crippen LogP contribution is 2.03. The largest absolute Gasteiger partial charge is 0.469 e. The maximum Gasteiger partial charge on any atom is 0.305 e. The van der Waals surface area contributed by atoms with Gasteiger partial charge in [0.2, 0.25) is 0 Å². The quantitative estimate of drug-likeness (QED) is 0.135. The van der Waals surface area contributed by atoms with Crippen molar-refractivity contribution in [1.82, 2.24) is 10.6 Å². The van der Waals surface area contributed by atoms with Crippen LogP contribution in [-0.2, 0) is 20.9 Å². The Morgan fingerprint density at radius 3 is 2.70 bits per heavy atom. The van der Waals surface area contributed by atoms with Gasteiger partial charge in [-0.1, -0.05) is 12.8 Å². The Hall–Kier alpha value is -1.29. The molecular formula is C19H34IN3O4. The standard InChI is InChI=1S/C19H33N3O4.HI/c1-3-20-19(21-12-7-5-4-6-11-18(23)24-2)22-13-9-14-25-16-17-10-8-15-26-17;/h8,10,15H,3-7,9,11-14,16H2,1-2H3,(H2,20,21,22);1H. The van der Waals surface area contributed by atoms with Crippen LogP contribution in [0.15, 0.2) is 27.8 Å². The van der Waals surface area contributed by atoms with E-state index in [2.05, 4.69) is 27.3 Å². The zero-order valence-electron chi connectivity index (χ0n) is 16.5. The minimum Gasteiger partial charge on any atom is -0.469 e. The van der Waals surface area contributed by atoms with Crippen LogP contribution in [0.3, 0.4) is 0 Å². The fourth-order valence-electron chi connectivity index (χ4n) is 2.32. The number of halogens is 1. The monoisotopic (exact) mass is 495 g/mol. The van der Waals surface area contributed by atoms with Crippen LogP contribution in [-0.4, -0.2) is 45.3 Å². The van der Waals surface area contributed by atoms with Crippen LogP contribution in [0, 0.1) is 0 Å². The summed E-state index contributed by atoms with van der Waals surface area (Å²) in [5, 5.41) is 6.58. The summed E-state index contributed by atoms with van der Waals surface area (Å²) in [4.78, 5) is 15.6. The highest BCUT2D eigenvalue weighted by atomic mass is 127. The van der Waals surface area contributed by atoms with E-state index >= 15 is 0 Å². The predicted octanol–water partition coefficient (Wildman–Crippen LogP) is 3.48. The van der Waals surface area contributed by atoms with Gasteiger partial charge in [-0.2, -0.15) is 0 Å². The summed E-state index contributed by atoms with van der Waals surface area (Å²) >= 11 is 0. The van der Waals surface area contributed by atoms with Crippen molar-refractivity contribution in [2.75, 3.05) is 33.4 Å². The third-order valence-electron chi connectivity index (χ3n) is 3.71. The number of carbonyl (C=O) groups excluding carboxylic acids is 1. The molecule has 156 valence electrons. The van der Waals surface area contributed by atoms with Gasteiger partial charge >= 0.3 is 5.97 Å². The molecule has 0 aliphatic carbocycles. The first-order chi connectivity index (χ1) is 12.8. The number of guanidine groups is 1. The lowest BCUT2D eigenvalue weighted by atomic mass is 10.1. The van der Waals surface area contributed by atoms with Crippen molar-refractivity contribution < 1.29 is 18.7 Å². The van der Waals surface area contributed by atoms with E-state index in [9.17, 15) is 4.79 Å². The molecule has 0 aromatic carbocycles. The maximum absolute atomic E-state index is 11.0. The molecular weight excluding hydrogens is 461 g/mol. The van der Waals surface area contributed by atoms with Crippen molar-refractivity contribution in [3.05, 3.63) is 24.2 Å². The minimum absolute atomic E-state index is 0. The second kappa shape index (κ2) is 18.1. The lowest BCUT2D eigenvalue weighted by Crippen LogP contribution is -2.37. The smallest absolute Gasteiger partial charge is 0.305 e. The molecule has 0 saturated carbocycles. The summed E-state index contributed by atoms with van der Waals surface area (Å²) in [5.41, 5.74) is 0. The first kappa shape index (κ1) is 25.7. The number of nitrogens with one attached hydrogen (secondary N) is 2. The number of aliphatic imine (C=N–C) groups is 1. The second-order valence-corrected chi connectivity index (χ2v) is 5.91. The molecule has 0 saturated heterocycles. The predicted molar refractivity (Wildman–Crippen MR) is 117 cm³/mol. The topological polar surface area (TPSA) is 85.1 Å². The molecule has 0 spiro atoms. The fraction of sp³-hybridized carbons (Fsp3) is 0.684. The molecule has 0 fully saturated rings. The van der Waals surface area contributed by atoms with Crippen molar-refractivity contribution in [1.29, 1.82) is 0 Å². The molecule has 0 amide bonds. The summed E-state index contributed by atoms with van der Waals surface area (Å²) in [6.45, 7) is 5.64. The highest BCUT2D eigenvalue weighted by molar-refractivity contribution is 14.0. The molecule has 1 heterocycles. The van der Waals surface area contributed by atoms with E-state index < -0.39 is 0 Å². The number of methoxy groups -OCH3 is 1. The molecule has 1 aromatic heterocycles. The number of esters is 1. The normalized spacial score (nSPS) is 11.0. The van der Waals surface area contributed by atoms with Gasteiger partial charge in [-0.25, -0.2) is 0 Å². The summed E-state index contributed by atoms with van der Waals surface area (Å²) in [6, 6.07) is 3.76. The van der Waals surface area contributed by atoms with Crippen molar-refractivity contribution in [3.8, 4) is 0 Å². The molecule has 1 rings (SSSR count). The van der Waals surface area contributed by atoms with E-state index in [4.69, 9.17) is 9.15 Å². The fourth-order valence-corrected chi connectivity index (χ4v) is 2.32. The van der Waals surface area contributed by atoms with Crippen LogP contribution in [0.25, 0.3) is 0 Å². The molecule has 0 aliphatic heterocycles. The Bertz CT molecular complexity index is 495. The van der Waals surface area contributed by atoms with Gasteiger partial charge in [0, 0.05) is 32.7 Å². The molecule has 8 heteroatoms. The number of rotatable bonds is 14. The van der Waals surface area contributed by atoms with Gasteiger partial charge in [0.25, 0.3) is 0 Å². The van der Waals surface area contributed by atoms with Gasteiger partial charge < -0.3 is 24.5 Å². The summed E-state index contributed by atoms with van der Waals surface area (Å²) in [7, 11) is 1.43. The van der Waals surface area contributed by atoms with Crippen LogP contribution in [0.4, 0.5) is 0 Å². The second-order valence-electron chi connectivity index (χ2n) is 5.91. The van der Waals surface area contributed by atoms with Gasteiger partial charge in [-0.15, -0.1) is 24.0 Å². The number of unbranched alkanes of at least 4 members (excludes halogenated alkanes) is 3. The maximum atomic E-state index is 11.0. The van der Waals surface area contributed by atoms with Gasteiger partial charge in [0.05, 0.1) is 13.4 Å². The SMILES string of the molecule is CCNC(=NCCCOCc1ccco1)NCCCCCCC(=O)OC.I. The lowest BCUT2D eigenvalue weighted by molar-refractivity contribution is -0.140. The van der Waals surface area contributed by atoms with E-state index in [1.54, 1.807) is 6.26 Å².